The van der Waals surface area contributed by atoms with Crippen LogP contribution in [0.15, 0.2) is 29.6 Å². The molecule has 0 saturated carbocycles. The van der Waals surface area contributed by atoms with E-state index in [1.54, 1.807) is 11.8 Å². The number of amides is 2. The lowest BCUT2D eigenvalue weighted by molar-refractivity contribution is -0.123. The van der Waals surface area contributed by atoms with Gasteiger partial charge >= 0.3 is 0 Å². The van der Waals surface area contributed by atoms with Gasteiger partial charge in [0.05, 0.1) is 17.9 Å². The maximum absolute atomic E-state index is 12.4. The van der Waals surface area contributed by atoms with Crippen molar-refractivity contribution < 1.29 is 9.59 Å². The summed E-state index contributed by atoms with van der Waals surface area (Å²) in [5, 5.41) is 5.71. The van der Waals surface area contributed by atoms with E-state index in [1.807, 2.05) is 37.4 Å². The maximum atomic E-state index is 12.4. The topological polar surface area (TPSA) is 68.8 Å². The van der Waals surface area contributed by atoms with Crippen molar-refractivity contribution in [2.45, 2.75) is 46.7 Å². The molecule has 1 aliphatic heterocycles. The van der Waals surface area contributed by atoms with Crippen LogP contribution in [0.4, 0.5) is 10.8 Å². The summed E-state index contributed by atoms with van der Waals surface area (Å²) in [6.07, 6.45) is 0.859. The van der Waals surface area contributed by atoms with Crippen LogP contribution < -0.4 is 10.2 Å². The summed E-state index contributed by atoms with van der Waals surface area (Å²) in [4.78, 5) is 35.5. The SMILES string of the molecule is CCc1ccccc1N(C(C)=O)c1nc(CN2CCN(CC(=O)NC(C)C)CC2)cs1. The van der Waals surface area contributed by atoms with Crippen LogP contribution in [-0.4, -0.2) is 65.4 Å². The number of aromatic nitrogens is 1. The Bertz CT molecular complexity index is 890. The quantitative estimate of drug-likeness (QED) is 0.679. The number of carbonyl (C=O) groups excluding carboxylic acids is 2. The lowest BCUT2D eigenvalue weighted by Gasteiger charge is -2.34. The summed E-state index contributed by atoms with van der Waals surface area (Å²) in [5.41, 5.74) is 3.02. The van der Waals surface area contributed by atoms with Gasteiger partial charge in [0.15, 0.2) is 5.13 Å². The Balaban J connectivity index is 1.60. The van der Waals surface area contributed by atoms with Crippen LogP contribution in [0.5, 0.6) is 0 Å². The number of piperazine rings is 1. The number of aryl methyl sites for hydroxylation is 1. The first kappa shape index (κ1) is 23.4. The van der Waals surface area contributed by atoms with E-state index in [9.17, 15) is 9.59 Å². The van der Waals surface area contributed by atoms with Gasteiger partial charge in [-0.3, -0.25) is 24.3 Å². The van der Waals surface area contributed by atoms with Crippen molar-refractivity contribution in [3.05, 3.63) is 40.9 Å². The van der Waals surface area contributed by atoms with Gasteiger partial charge in [0.1, 0.15) is 0 Å². The Morgan fingerprint density at radius 3 is 2.48 bits per heavy atom. The van der Waals surface area contributed by atoms with Gasteiger partial charge in [0, 0.05) is 51.1 Å². The normalized spacial score (nSPS) is 15.3. The molecule has 1 saturated heterocycles. The average Bonchev–Trinajstić information content (AvgIpc) is 3.17. The third-order valence-electron chi connectivity index (χ3n) is 5.33. The molecule has 2 aromatic rings. The zero-order chi connectivity index (χ0) is 22.4. The largest absolute Gasteiger partial charge is 0.353 e. The highest BCUT2D eigenvalue weighted by Gasteiger charge is 2.23. The highest BCUT2D eigenvalue weighted by atomic mass is 32.1. The Morgan fingerprint density at radius 2 is 1.84 bits per heavy atom. The first-order valence-corrected chi connectivity index (χ1v) is 11.8. The van der Waals surface area contributed by atoms with Crippen LogP contribution in [0.2, 0.25) is 0 Å². The molecule has 0 unspecified atom stereocenters. The monoisotopic (exact) mass is 443 g/mol. The molecule has 0 atom stereocenters. The van der Waals surface area contributed by atoms with Crippen molar-refractivity contribution in [2.24, 2.45) is 0 Å². The third-order valence-corrected chi connectivity index (χ3v) is 6.20. The highest BCUT2D eigenvalue weighted by molar-refractivity contribution is 7.14. The Hall–Kier alpha value is -2.29. The van der Waals surface area contributed by atoms with Crippen LogP contribution in [0, 0.1) is 0 Å². The molecule has 1 aromatic carbocycles. The van der Waals surface area contributed by atoms with E-state index >= 15 is 0 Å². The average molecular weight is 444 g/mol. The molecule has 1 N–H and O–H groups in total. The van der Waals surface area contributed by atoms with E-state index < -0.39 is 0 Å². The highest BCUT2D eigenvalue weighted by Crippen LogP contribution is 2.32. The molecule has 1 fully saturated rings. The molecule has 0 radical (unpaired) electrons. The minimum Gasteiger partial charge on any atom is -0.353 e. The van der Waals surface area contributed by atoms with Gasteiger partial charge < -0.3 is 5.32 Å². The van der Waals surface area contributed by atoms with E-state index in [1.165, 1.54) is 11.3 Å². The summed E-state index contributed by atoms with van der Waals surface area (Å²) >= 11 is 1.51. The third kappa shape index (κ3) is 6.35. The number of benzene rings is 1. The van der Waals surface area contributed by atoms with Crippen molar-refractivity contribution in [2.75, 3.05) is 37.6 Å². The van der Waals surface area contributed by atoms with Crippen molar-refractivity contribution in [1.82, 2.24) is 20.1 Å². The molecule has 0 bridgehead atoms. The van der Waals surface area contributed by atoms with E-state index in [-0.39, 0.29) is 17.9 Å². The number of carbonyl (C=O) groups is 2. The second-order valence-corrected chi connectivity index (χ2v) is 9.07. The molecule has 31 heavy (non-hydrogen) atoms. The molecule has 168 valence electrons. The summed E-state index contributed by atoms with van der Waals surface area (Å²) in [6.45, 7) is 12.4. The molecule has 8 heteroatoms. The second kappa shape index (κ2) is 10.8. The molecule has 1 aromatic heterocycles. The van der Waals surface area contributed by atoms with Crippen LogP contribution in [0.1, 0.15) is 39.0 Å². The zero-order valence-corrected chi connectivity index (χ0v) is 19.7. The lowest BCUT2D eigenvalue weighted by Crippen LogP contribution is -2.49. The number of rotatable bonds is 8. The first-order valence-electron chi connectivity index (χ1n) is 10.9. The second-order valence-electron chi connectivity index (χ2n) is 8.23. The predicted molar refractivity (Wildman–Crippen MR) is 126 cm³/mol. The van der Waals surface area contributed by atoms with Gasteiger partial charge in [0.2, 0.25) is 11.8 Å². The molecule has 2 amide bonds. The molecule has 0 spiro atoms. The summed E-state index contributed by atoms with van der Waals surface area (Å²) in [5.74, 6) is 0.0550. The Morgan fingerprint density at radius 1 is 1.16 bits per heavy atom. The summed E-state index contributed by atoms with van der Waals surface area (Å²) in [7, 11) is 0. The number of nitrogens with one attached hydrogen (secondary N) is 1. The van der Waals surface area contributed by atoms with Gasteiger partial charge in [-0.1, -0.05) is 25.1 Å². The number of nitrogens with zero attached hydrogens (tertiary/aromatic N) is 4. The Kier molecular flexibility index (Phi) is 8.17. The summed E-state index contributed by atoms with van der Waals surface area (Å²) < 4.78 is 0. The maximum Gasteiger partial charge on any atom is 0.234 e. The molecule has 0 aliphatic carbocycles. The predicted octanol–water partition coefficient (Wildman–Crippen LogP) is 3.03. The van der Waals surface area contributed by atoms with Crippen LogP contribution >= 0.6 is 11.3 Å². The van der Waals surface area contributed by atoms with Gasteiger partial charge in [-0.15, -0.1) is 11.3 Å². The number of para-hydroxylation sites is 1. The number of hydrogen-bond donors (Lipinski definition) is 1. The van der Waals surface area contributed by atoms with Crippen molar-refractivity contribution in [1.29, 1.82) is 0 Å². The minimum absolute atomic E-state index is 0.0323. The fraction of sp³-hybridized carbons (Fsp3) is 0.522. The van der Waals surface area contributed by atoms with Gasteiger partial charge in [-0.25, -0.2) is 4.98 Å². The van der Waals surface area contributed by atoms with Crippen molar-refractivity contribution in [3.63, 3.8) is 0 Å². The van der Waals surface area contributed by atoms with E-state index in [0.717, 1.165) is 56.1 Å². The smallest absolute Gasteiger partial charge is 0.234 e. The molecule has 7 nitrogen and oxygen atoms in total. The molecular formula is C23H33N5O2S. The number of thiazole rings is 1. The van der Waals surface area contributed by atoms with Gasteiger partial charge in [0.25, 0.3) is 0 Å². The molecule has 2 heterocycles. The lowest BCUT2D eigenvalue weighted by atomic mass is 10.1. The zero-order valence-electron chi connectivity index (χ0n) is 18.9. The van der Waals surface area contributed by atoms with Crippen molar-refractivity contribution in [3.8, 4) is 0 Å². The van der Waals surface area contributed by atoms with Crippen LogP contribution in [0.3, 0.4) is 0 Å². The van der Waals surface area contributed by atoms with Gasteiger partial charge in [-0.05, 0) is 31.9 Å². The number of anilines is 2. The van der Waals surface area contributed by atoms with E-state index in [2.05, 4.69) is 28.1 Å². The minimum atomic E-state index is -0.0323. The van der Waals surface area contributed by atoms with Crippen LogP contribution in [0.25, 0.3) is 0 Å². The summed E-state index contributed by atoms with van der Waals surface area (Å²) in [6, 6.07) is 8.17. The van der Waals surface area contributed by atoms with Gasteiger partial charge in [-0.2, -0.15) is 0 Å². The molecule has 1 aliphatic rings. The standard InChI is InChI=1S/C23H33N5O2S/c1-5-19-8-6-7-9-21(19)28(18(4)29)23-25-20(16-31-23)14-26-10-12-27(13-11-26)15-22(30)24-17(2)3/h6-9,16-17H,5,10-15H2,1-4H3,(H,24,30). The fourth-order valence-corrected chi connectivity index (χ4v) is 4.68. The molecular weight excluding hydrogens is 410 g/mol. The van der Waals surface area contributed by atoms with Crippen molar-refractivity contribution >= 4 is 34.0 Å². The first-order chi connectivity index (χ1) is 14.9. The number of hydrogen-bond acceptors (Lipinski definition) is 6. The fourth-order valence-electron chi connectivity index (χ4n) is 3.81. The van der Waals surface area contributed by atoms with Crippen LogP contribution in [-0.2, 0) is 22.6 Å². The van der Waals surface area contributed by atoms with E-state index in [4.69, 9.17) is 4.98 Å². The molecule has 3 rings (SSSR count). The van der Waals surface area contributed by atoms with E-state index in [0.29, 0.717) is 11.7 Å². The Labute approximate surface area is 189 Å².